The quantitative estimate of drug-likeness (QED) is 0.773. The molecule has 74 valence electrons. The Morgan fingerprint density at radius 1 is 1.07 bits per heavy atom. The van der Waals surface area contributed by atoms with Crippen molar-refractivity contribution in [2.24, 2.45) is 0 Å². The Balaban J connectivity index is 2.07. The molecular weight excluding hydrogens is 172 g/mol. The van der Waals surface area contributed by atoms with Gasteiger partial charge in [0.05, 0.1) is 6.61 Å². The van der Waals surface area contributed by atoms with Gasteiger partial charge in [0, 0.05) is 0 Å². The molecule has 0 spiro atoms. The van der Waals surface area contributed by atoms with Crippen molar-refractivity contribution >= 4 is 0 Å². The highest BCUT2D eigenvalue weighted by molar-refractivity contribution is 5.43. The molecule has 2 aliphatic rings. The van der Waals surface area contributed by atoms with Crippen LogP contribution in [0.15, 0.2) is 18.2 Å². The zero-order valence-electron chi connectivity index (χ0n) is 8.37. The molecule has 14 heavy (non-hydrogen) atoms. The molecule has 0 amide bonds. The summed E-state index contributed by atoms with van der Waals surface area (Å²) >= 11 is 0. The second kappa shape index (κ2) is 3.09. The van der Waals surface area contributed by atoms with E-state index < -0.39 is 0 Å². The van der Waals surface area contributed by atoms with E-state index in [1.165, 1.54) is 36.8 Å². The fraction of sp³-hybridized carbons (Fsp3) is 0.538. The van der Waals surface area contributed by atoms with Crippen LogP contribution in [0.1, 0.15) is 54.2 Å². The third-order valence-electron chi connectivity index (χ3n) is 3.40. The van der Waals surface area contributed by atoms with Crippen LogP contribution in [0.25, 0.3) is 0 Å². The Kier molecular flexibility index (Phi) is 1.88. The van der Waals surface area contributed by atoms with Crippen molar-refractivity contribution in [3.8, 4) is 0 Å². The summed E-state index contributed by atoms with van der Waals surface area (Å²) in [6, 6.07) is 6.45. The summed E-state index contributed by atoms with van der Waals surface area (Å²) in [5.74, 6) is 1.59. The van der Waals surface area contributed by atoms with Crippen LogP contribution in [-0.2, 0) is 6.61 Å². The summed E-state index contributed by atoms with van der Waals surface area (Å²) < 4.78 is 0. The average Bonchev–Trinajstić information content (AvgIpc) is 3.04. The van der Waals surface area contributed by atoms with E-state index in [9.17, 15) is 5.11 Å². The molecule has 3 rings (SSSR count). The fourth-order valence-corrected chi connectivity index (χ4v) is 2.39. The van der Waals surface area contributed by atoms with Gasteiger partial charge in [-0.1, -0.05) is 18.2 Å². The van der Waals surface area contributed by atoms with Gasteiger partial charge < -0.3 is 5.11 Å². The molecule has 0 bridgehead atoms. The summed E-state index contributed by atoms with van der Waals surface area (Å²) in [4.78, 5) is 0. The molecule has 2 saturated carbocycles. The minimum Gasteiger partial charge on any atom is -0.392 e. The van der Waals surface area contributed by atoms with Crippen LogP contribution >= 0.6 is 0 Å². The molecule has 1 heteroatoms. The van der Waals surface area contributed by atoms with Crippen molar-refractivity contribution in [1.29, 1.82) is 0 Å². The molecule has 1 N–H and O–H groups in total. The lowest BCUT2D eigenvalue weighted by atomic mass is 9.94. The van der Waals surface area contributed by atoms with Crippen molar-refractivity contribution < 1.29 is 5.11 Å². The third-order valence-corrected chi connectivity index (χ3v) is 3.40. The van der Waals surface area contributed by atoms with Crippen molar-refractivity contribution in [1.82, 2.24) is 0 Å². The maximum Gasteiger partial charge on any atom is 0.0684 e. The fourth-order valence-electron chi connectivity index (χ4n) is 2.39. The molecular formula is C13H16O. The topological polar surface area (TPSA) is 20.2 Å². The van der Waals surface area contributed by atoms with E-state index in [0.29, 0.717) is 0 Å². The van der Waals surface area contributed by atoms with Gasteiger partial charge in [0.15, 0.2) is 0 Å². The first kappa shape index (κ1) is 8.49. The van der Waals surface area contributed by atoms with Crippen molar-refractivity contribution in [2.45, 2.75) is 44.1 Å². The molecule has 0 radical (unpaired) electrons. The molecule has 0 aromatic heterocycles. The van der Waals surface area contributed by atoms with Gasteiger partial charge in [-0.2, -0.15) is 0 Å². The highest BCUT2D eigenvalue weighted by Crippen LogP contribution is 2.50. The van der Waals surface area contributed by atoms with Crippen LogP contribution in [0.4, 0.5) is 0 Å². The Labute approximate surface area is 84.8 Å². The Hall–Kier alpha value is -0.820. The highest BCUT2D eigenvalue weighted by atomic mass is 16.3. The van der Waals surface area contributed by atoms with Crippen LogP contribution < -0.4 is 0 Å². The van der Waals surface area contributed by atoms with Crippen molar-refractivity contribution in [2.75, 3.05) is 0 Å². The van der Waals surface area contributed by atoms with E-state index in [-0.39, 0.29) is 6.61 Å². The van der Waals surface area contributed by atoms with E-state index in [0.717, 1.165) is 11.8 Å². The first-order valence-corrected chi connectivity index (χ1v) is 5.62. The Morgan fingerprint density at radius 2 is 1.79 bits per heavy atom. The normalized spacial score (nSPS) is 21.2. The second-order valence-corrected chi connectivity index (χ2v) is 4.63. The number of hydrogen-bond acceptors (Lipinski definition) is 1. The number of rotatable bonds is 3. The van der Waals surface area contributed by atoms with Gasteiger partial charge in [0.1, 0.15) is 0 Å². The lowest BCUT2D eigenvalue weighted by Crippen LogP contribution is -1.97. The first-order chi connectivity index (χ1) is 6.90. The minimum absolute atomic E-state index is 0.215. The monoisotopic (exact) mass is 188 g/mol. The van der Waals surface area contributed by atoms with Gasteiger partial charge in [0.2, 0.25) is 0 Å². The largest absolute Gasteiger partial charge is 0.392 e. The average molecular weight is 188 g/mol. The Bertz CT molecular complexity index is 348. The molecule has 0 atom stereocenters. The maximum absolute atomic E-state index is 9.32. The van der Waals surface area contributed by atoms with Crippen LogP contribution in [-0.4, -0.2) is 5.11 Å². The summed E-state index contributed by atoms with van der Waals surface area (Å²) in [7, 11) is 0. The molecule has 0 heterocycles. The van der Waals surface area contributed by atoms with E-state index in [2.05, 4.69) is 18.2 Å². The summed E-state index contributed by atoms with van der Waals surface area (Å²) in [5.41, 5.74) is 4.22. The van der Waals surface area contributed by atoms with Gasteiger partial charge in [-0.05, 0) is 54.2 Å². The number of aliphatic hydroxyl groups is 1. The lowest BCUT2D eigenvalue weighted by Gasteiger charge is -2.12. The number of aliphatic hydroxyl groups excluding tert-OH is 1. The van der Waals surface area contributed by atoms with Gasteiger partial charge in [0.25, 0.3) is 0 Å². The molecule has 0 aliphatic heterocycles. The van der Waals surface area contributed by atoms with Gasteiger partial charge in [-0.15, -0.1) is 0 Å². The van der Waals surface area contributed by atoms with E-state index in [1.807, 2.05) is 0 Å². The lowest BCUT2D eigenvalue weighted by molar-refractivity contribution is 0.280. The smallest absolute Gasteiger partial charge is 0.0684 e. The third kappa shape index (κ3) is 1.36. The maximum atomic E-state index is 9.32. The van der Waals surface area contributed by atoms with Gasteiger partial charge >= 0.3 is 0 Å². The summed E-state index contributed by atoms with van der Waals surface area (Å²) in [6.45, 7) is 0.215. The zero-order chi connectivity index (χ0) is 9.54. The SMILES string of the molecule is OCc1cccc(C2CC2)c1C1CC1. The van der Waals surface area contributed by atoms with Gasteiger partial charge in [-0.25, -0.2) is 0 Å². The van der Waals surface area contributed by atoms with E-state index in [1.54, 1.807) is 5.56 Å². The molecule has 0 saturated heterocycles. The molecule has 1 nitrogen and oxygen atoms in total. The highest BCUT2D eigenvalue weighted by Gasteiger charge is 2.33. The summed E-state index contributed by atoms with van der Waals surface area (Å²) in [6.07, 6.45) is 5.37. The van der Waals surface area contributed by atoms with E-state index >= 15 is 0 Å². The van der Waals surface area contributed by atoms with Crippen molar-refractivity contribution in [3.05, 3.63) is 34.9 Å². The zero-order valence-corrected chi connectivity index (χ0v) is 8.37. The number of benzene rings is 1. The molecule has 1 aromatic carbocycles. The molecule has 2 fully saturated rings. The van der Waals surface area contributed by atoms with Crippen LogP contribution in [0.3, 0.4) is 0 Å². The van der Waals surface area contributed by atoms with Crippen LogP contribution in [0.2, 0.25) is 0 Å². The molecule has 1 aromatic rings. The first-order valence-electron chi connectivity index (χ1n) is 5.62. The summed E-state index contributed by atoms with van der Waals surface area (Å²) in [5, 5.41) is 9.32. The standard InChI is InChI=1S/C13H16O/c14-8-11-2-1-3-12(9-4-5-9)13(11)10-6-7-10/h1-3,9-10,14H,4-8H2. The van der Waals surface area contributed by atoms with Crippen LogP contribution in [0.5, 0.6) is 0 Å². The molecule has 0 unspecified atom stereocenters. The Morgan fingerprint density at radius 3 is 2.36 bits per heavy atom. The minimum atomic E-state index is 0.215. The van der Waals surface area contributed by atoms with E-state index in [4.69, 9.17) is 0 Å². The second-order valence-electron chi connectivity index (χ2n) is 4.63. The van der Waals surface area contributed by atoms with Crippen LogP contribution in [0, 0.1) is 0 Å². The predicted molar refractivity (Wildman–Crippen MR) is 56.3 cm³/mol. The van der Waals surface area contributed by atoms with Gasteiger partial charge in [-0.3, -0.25) is 0 Å². The molecule has 2 aliphatic carbocycles. The van der Waals surface area contributed by atoms with Crippen molar-refractivity contribution in [3.63, 3.8) is 0 Å². The number of hydrogen-bond donors (Lipinski definition) is 1. The predicted octanol–water partition coefficient (Wildman–Crippen LogP) is 2.93.